The summed E-state index contributed by atoms with van der Waals surface area (Å²) in [6, 6.07) is 8.16. The Balaban J connectivity index is 2.41. The van der Waals surface area contributed by atoms with Gasteiger partial charge in [0.05, 0.1) is 30.8 Å². The Hall–Kier alpha value is -2.46. The zero-order valence-corrected chi connectivity index (χ0v) is 19.0. The molecule has 8 nitrogen and oxygen atoms in total. The lowest BCUT2D eigenvalue weighted by atomic mass is 10.1. The predicted molar refractivity (Wildman–Crippen MR) is 119 cm³/mol. The van der Waals surface area contributed by atoms with Gasteiger partial charge in [0.1, 0.15) is 11.5 Å². The van der Waals surface area contributed by atoms with Crippen LogP contribution in [-0.2, 0) is 10.0 Å². The first-order chi connectivity index (χ1) is 13.6. The summed E-state index contributed by atoms with van der Waals surface area (Å²) >= 11 is 3.34. The molecule has 0 saturated carbocycles. The van der Waals surface area contributed by atoms with E-state index in [0.717, 1.165) is 10.7 Å². The molecular formula is C19H24BrN3O5S. The monoisotopic (exact) mass is 485 g/mol. The van der Waals surface area contributed by atoms with Gasteiger partial charge in [-0.2, -0.15) is 0 Å². The zero-order chi connectivity index (χ0) is 21.6. The van der Waals surface area contributed by atoms with Gasteiger partial charge in [0.15, 0.2) is 0 Å². The highest BCUT2D eigenvalue weighted by Gasteiger charge is 2.21. The number of carbonyl (C=O) groups excluding carboxylic acids is 1. The molecule has 0 bridgehead atoms. The first-order valence-corrected chi connectivity index (χ1v) is 11.6. The van der Waals surface area contributed by atoms with Crippen LogP contribution in [0.2, 0.25) is 0 Å². The normalized spacial score (nSPS) is 10.9. The summed E-state index contributed by atoms with van der Waals surface area (Å²) in [5.74, 6) is 0.644. The summed E-state index contributed by atoms with van der Waals surface area (Å²) in [5, 5.41) is 5.51. The topological polar surface area (TPSA) is 106 Å². The van der Waals surface area contributed by atoms with Crippen molar-refractivity contribution >= 4 is 49.0 Å². The van der Waals surface area contributed by atoms with Gasteiger partial charge in [-0.25, -0.2) is 13.2 Å². The van der Waals surface area contributed by atoms with E-state index >= 15 is 0 Å². The van der Waals surface area contributed by atoms with Crippen LogP contribution in [0.25, 0.3) is 0 Å². The number of hydrogen-bond donors (Lipinski definition) is 3. The lowest BCUT2D eigenvalue weighted by Crippen LogP contribution is -2.21. The molecule has 2 amide bonds. The molecule has 2 aromatic rings. The summed E-state index contributed by atoms with van der Waals surface area (Å²) in [6.45, 7) is 5.94. The van der Waals surface area contributed by atoms with Crippen molar-refractivity contribution in [1.29, 1.82) is 0 Å². The molecule has 3 N–H and O–H groups in total. The van der Waals surface area contributed by atoms with Gasteiger partial charge in [0.2, 0.25) is 10.0 Å². The fourth-order valence-electron chi connectivity index (χ4n) is 2.61. The number of halogens is 1. The van der Waals surface area contributed by atoms with Crippen molar-refractivity contribution in [2.75, 3.05) is 34.8 Å². The van der Waals surface area contributed by atoms with E-state index in [1.807, 2.05) is 12.1 Å². The minimum absolute atomic E-state index is 0.245. The van der Waals surface area contributed by atoms with E-state index in [1.165, 1.54) is 6.07 Å². The number of benzene rings is 2. The predicted octanol–water partition coefficient (Wildman–Crippen LogP) is 4.57. The molecule has 0 aliphatic heterocycles. The molecule has 0 saturated heterocycles. The molecule has 10 heteroatoms. The van der Waals surface area contributed by atoms with Crippen LogP contribution in [-0.4, -0.2) is 33.9 Å². The minimum Gasteiger partial charge on any atom is -0.492 e. The Morgan fingerprint density at radius 3 is 2.24 bits per heavy atom. The second-order valence-electron chi connectivity index (χ2n) is 6.08. The summed E-state index contributed by atoms with van der Waals surface area (Å²) in [4.78, 5) is 12.5. The molecule has 0 fully saturated rings. The fraction of sp³-hybridized carbons (Fsp3) is 0.316. The van der Waals surface area contributed by atoms with Gasteiger partial charge in [-0.1, -0.05) is 15.9 Å². The van der Waals surface area contributed by atoms with Crippen LogP contribution in [0, 0.1) is 6.92 Å². The number of amides is 2. The second kappa shape index (κ2) is 9.84. The van der Waals surface area contributed by atoms with E-state index in [4.69, 9.17) is 9.47 Å². The average molecular weight is 486 g/mol. The Morgan fingerprint density at radius 1 is 1.07 bits per heavy atom. The molecule has 0 radical (unpaired) electrons. The number of rotatable bonds is 8. The summed E-state index contributed by atoms with van der Waals surface area (Å²) in [5.41, 5.74) is 1.79. The standard InChI is InChI=1S/C19H24BrN3O5S/c1-5-27-16-11-15(23-29(4,25)26)18(28-6-2)12(3)17(16)22-19(24)21-14-9-7-13(20)8-10-14/h7-11,23H,5-6H2,1-4H3,(H2,21,22,24). The molecule has 2 rings (SSSR count). The van der Waals surface area contributed by atoms with E-state index < -0.39 is 16.1 Å². The molecule has 0 heterocycles. The van der Waals surface area contributed by atoms with Gasteiger partial charge in [-0.15, -0.1) is 0 Å². The summed E-state index contributed by atoms with van der Waals surface area (Å²) < 4.78 is 38.1. The highest BCUT2D eigenvalue weighted by atomic mass is 79.9. The first kappa shape index (κ1) is 22.8. The zero-order valence-electron chi connectivity index (χ0n) is 16.6. The van der Waals surface area contributed by atoms with Gasteiger partial charge in [-0.05, 0) is 45.0 Å². The fourth-order valence-corrected chi connectivity index (χ4v) is 3.42. The molecule has 0 aliphatic carbocycles. The molecule has 0 aliphatic rings. The van der Waals surface area contributed by atoms with E-state index in [0.29, 0.717) is 41.7 Å². The van der Waals surface area contributed by atoms with Crippen LogP contribution in [0.5, 0.6) is 11.5 Å². The second-order valence-corrected chi connectivity index (χ2v) is 8.74. The lowest BCUT2D eigenvalue weighted by molar-refractivity contribution is 0.262. The third-order valence-electron chi connectivity index (χ3n) is 3.71. The number of nitrogens with one attached hydrogen (secondary N) is 3. The number of carbonyl (C=O) groups is 1. The van der Waals surface area contributed by atoms with Crippen LogP contribution < -0.4 is 24.8 Å². The number of hydrogen-bond acceptors (Lipinski definition) is 5. The quantitative estimate of drug-likeness (QED) is 0.507. The van der Waals surface area contributed by atoms with Crippen molar-refractivity contribution < 1.29 is 22.7 Å². The van der Waals surface area contributed by atoms with Crippen LogP contribution in [0.15, 0.2) is 34.8 Å². The largest absolute Gasteiger partial charge is 0.492 e. The molecule has 0 unspecified atom stereocenters. The van der Waals surface area contributed by atoms with E-state index in [9.17, 15) is 13.2 Å². The number of urea groups is 1. The lowest BCUT2D eigenvalue weighted by Gasteiger charge is -2.21. The number of ether oxygens (including phenoxy) is 2. The smallest absolute Gasteiger partial charge is 0.323 e. The van der Waals surface area contributed by atoms with Crippen molar-refractivity contribution in [2.45, 2.75) is 20.8 Å². The van der Waals surface area contributed by atoms with E-state index in [-0.39, 0.29) is 5.69 Å². The average Bonchev–Trinajstić information content (AvgIpc) is 2.62. The van der Waals surface area contributed by atoms with Gasteiger partial charge in [0.25, 0.3) is 0 Å². The Kier molecular flexibility index (Phi) is 7.74. The van der Waals surface area contributed by atoms with Crippen molar-refractivity contribution in [3.05, 3.63) is 40.4 Å². The maximum absolute atomic E-state index is 12.5. The highest BCUT2D eigenvalue weighted by molar-refractivity contribution is 9.10. The van der Waals surface area contributed by atoms with Gasteiger partial charge < -0.3 is 20.1 Å². The molecular weight excluding hydrogens is 462 g/mol. The van der Waals surface area contributed by atoms with Gasteiger partial charge in [0, 0.05) is 21.8 Å². The van der Waals surface area contributed by atoms with Crippen LogP contribution in [0.4, 0.5) is 21.9 Å². The number of anilines is 3. The Bertz CT molecular complexity index is 978. The van der Waals surface area contributed by atoms with Crippen molar-refractivity contribution in [1.82, 2.24) is 0 Å². The van der Waals surface area contributed by atoms with E-state index in [2.05, 4.69) is 31.3 Å². The molecule has 158 valence electrons. The molecule has 0 atom stereocenters. The van der Waals surface area contributed by atoms with Crippen LogP contribution in [0.1, 0.15) is 19.4 Å². The van der Waals surface area contributed by atoms with Crippen LogP contribution >= 0.6 is 15.9 Å². The maximum Gasteiger partial charge on any atom is 0.323 e. The van der Waals surface area contributed by atoms with Crippen molar-refractivity contribution in [3.8, 4) is 11.5 Å². The number of sulfonamides is 1. The molecule has 0 aromatic heterocycles. The highest BCUT2D eigenvalue weighted by Crippen LogP contribution is 2.42. The Labute approximate surface area is 179 Å². The molecule has 0 spiro atoms. The molecule has 29 heavy (non-hydrogen) atoms. The van der Waals surface area contributed by atoms with Gasteiger partial charge in [-0.3, -0.25) is 4.72 Å². The van der Waals surface area contributed by atoms with Crippen molar-refractivity contribution in [3.63, 3.8) is 0 Å². The van der Waals surface area contributed by atoms with Crippen molar-refractivity contribution in [2.24, 2.45) is 0 Å². The molecule has 2 aromatic carbocycles. The third-order valence-corrected chi connectivity index (χ3v) is 4.83. The third kappa shape index (κ3) is 6.53. The van der Waals surface area contributed by atoms with Crippen LogP contribution in [0.3, 0.4) is 0 Å². The first-order valence-electron chi connectivity index (χ1n) is 8.89. The Morgan fingerprint density at radius 2 is 1.69 bits per heavy atom. The minimum atomic E-state index is -3.54. The van der Waals surface area contributed by atoms with E-state index in [1.54, 1.807) is 32.9 Å². The summed E-state index contributed by atoms with van der Waals surface area (Å²) in [7, 11) is -3.54. The van der Waals surface area contributed by atoms with Gasteiger partial charge >= 0.3 is 6.03 Å². The maximum atomic E-state index is 12.5. The summed E-state index contributed by atoms with van der Waals surface area (Å²) in [6.07, 6.45) is 1.05. The SMILES string of the molecule is CCOc1cc(NS(C)(=O)=O)c(OCC)c(C)c1NC(=O)Nc1ccc(Br)cc1.